The topological polar surface area (TPSA) is 0 Å². The van der Waals surface area contributed by atoms with Crippen molar-refractivity contribution in [2.75, 3.05) is 0 Å². The van der Waals surface area contributed by atoms with E-state index in [0.29, 0.717) is 0 Å². The summed E-state index contributed by atoms with van der Waals surface area (Å²) in [6, 6.07) is 8.44. The summed E-state index contributed by atoms with van der Waals surface area (Å²) >= 11 is 2.30. The second-order valence-corrected chi connectivity index (χ2v) is 3.04. The van der Waals surface area contributed by atoms with Crippen LogP contribution in [0, 0.1) is 10.5 Å². The first-order valence-corrected chi connectivity index (χ1v) is 3.59. The Bertz CT molecular complexity index is 143. The van der Waals surface area contributed by atoms with E-state index in [1.165, 1.54) is 9.13 Å². The van der Waals surface area contributed by atoms with Gasteiger partial charge in [0.05, 0.1) is 0 Å². The van der Waals surface area contributed by atoms with E-state index in [2.05, 4.69) is 53.8 Å². The Morgan fingerprint density at radius 2 is 1.62 bits per heavy atom. The quantitative estimate of drug-likeness (QED) is 0.587. The van der Waals surface area contributed by atoms with Crippen LogP contribution in [0.1, 0.15) is 5.56 Å². The van der Waals surface area contributed by atoms with Gasteiger partial charge in [0.15, 0.2) is 0 Å². The van der Waals surface area contributed by atoms with E-state index >= 15 is 0 Å². The summed E-state index contributed by atoms with van der Waals surface area (Å²) in [5, 5.41) is 0. The molecule has 0 radical (unpaired) electrons. The Hall–Kier alpha value is -0.0500. The molecule has 0 nitrogen and oxygen atoms in total. The Morgan fingerprint density at radius 3 is 2.00 bits per heavy atom. The maximum atomic E-state index is 2.30. The van der Waals surface area contributed by atoms with Crippen LogP contribution in [0.15, 0.2) is 24.3 Å². The predicted molar refractivity (Wildman–Crippen MR) is 43.9 cm³/mol. The Labute approximate surface area is 63.1 Å². The number of benzene rings is 1. The summed E-state index contributed by atoms with van der Waals surface area (Å²) in [5.41, 5.74) is 1.32. The summed E-state index contributed by atoms with van der Waals surface area (Å²) in [7, 11) is 0. The molecular formula is C7H7I. The first kappa shape index (κ1) is 6.08. The van der Waals surface area contributed by atoms with Crippen molar-refractivity contribution in [1.29, 1.82) is 0 Å². The number of halogens is 1. The van der Waals surface area contributed by atoms with Crippen LogP contribution in [0.5, 0.6) is 0 Å². The molecule has 0 saturated carbocycles. The van der Waals surface area contributed by atoms with Gasteiger partial charge in [0.25, 0.3) is 0 Å². The predicted octanol–water partition coefficient (Wildman–Crippen LogP) is 2.60. The number of aryl methyl sites for hydroxylation is 1. The minimum atomic E-state index is 1.30. The third kappa shape index (κ3) is 1.47. The Morgan fingerprint density at radius 1 is 1.12 bits per heavy atom. The summed E-state index contributed by atoms with van der Waals surface area (Å²) in [4.78, 5) is 0. The smallest absolute Gasteiger partial charge is 0.0130 e. The molecule has 1 rings (SSSR count). The van der Waals surface area contributed by atoms with Crippen LogP contribution >= 0.6 is 22.6 Å². The fourth-order valence-electron chi connectivity index (χ4n) is 0.533. The molecule has 42 valence electrons. The van der Waals surface area contributed by atoms with E-state index in [4.69, 9.17) is 0 Å². The van der Waals surface area contributed by atoms with Crippen molar-refractivity contribution in [2.24, 2.45) is 0 Å². The lowest BCUT2D eigenvalue weighted by molar-refractivity contribution is 1.46. The SMILES string of the molecule is Cc1ccc([127I])cc1. The minimum Gasteiger partial charge on any atom is -0.0583 e. The number of hydrogen-bond acceptors (Lipinski definition) is 0. The minimum absolute atomic E-state index is 1.30. The third-order valence-corrected chi connectivity index (χ3v) is 1.73. The molecule has 0 atom stereocenters. The molecule has 8 heavy (non-hydrogen) atoms. The lowest BCUT2D eigenvalue weighted by Gasteiger charge is -1.88. The van der Waals surface area contributed by atoms with Gasteiger partial charge in [-0.05, 0) is 41.6 Å². The highest BCUT2D eigenvalue weighted by molar-refractivity contribution is 14.1. The van der Waals surface area contributed by atoms with E-state index in [1.807, 2.05) is 0 Å². The zero-order valence-electron chi connectivity index (χ0n) is 4.69. The second-order valence-electron chi connectivity index (χ2n) is 1.80. The van der Waals surface area contributed by atoms with E-state index in [0.717, 1.165) is 0 Å². The molecule has 0 aliphatic heterocycles. The maximum Gasteiger partial charge on any atom is 0.0130 e. The average molecular weight is 218 g/mol. The van der Waals surface area contributed by atoms with Gasteiger partial charge in [0.1, 0.15) is 0 Å². The van der Waals surface area contributed by atoms with Crippen LogP contribution in [0.4, 0.5) is 0 Å². The lowest BCUT2D eigenvalue weighted by atomic mass is 10.2. The molecule has 0 unspecified atom stereocenters. The van der Waals surface area contributed by atoms with E-state index < -0.39 is 0 Å². The summed E-state index contributed by atoms with van der Waals surface area (Å²) in [5.74, 6) is 0. The Kier molecular flexibility index (Phi) is 1.89. The standard InChI is InChI=1S/C7H7I/c1-6-2-4-7(8)5-3-6/h2-5H,1H3/i8+0. The molecule has 0 saturated heterocycles. The van der Waals surface area contributed by atoms with Crippen molar-refractivity contribution < 1.29 is 0 Å². The van der Waals surface area contributed by atoms with E-state index in [9.17, 15) is 0 Å². The highest BCUT2D eigenvalue weighted by atomic mass is 127. The van der Waals surface area contributed by atoms with Gasteiger partial charge in [-0.2, -0.15) is 0 Å². The molecule has 0 heterocycles. The molecule has 0 fully saturated rings. The molecule has 0 bridgehead atoms. The molecule has 0 spiro atoms. The van der Waals surface area contributed by atoms with Crippen molar-refractivity contribution in [3.8, 4) is 0 Å². The van der Waals surface area contributed by atoms with Gasteiger partial charge in [-0.3, -0.25) is 0 Å². The first-order chi connectivity index (χ1) is 3.79. The molecular weight excluding hydrogens is 211 g/mol. The van der Waals surface area contributed by atoms with Gasteiger partial charge in [0.2, 0.25) is 0 Å². The van der Waals surface area contributed by atoms with Crippen molar-refractivity contribution in [2.45, 2.75) is 6.92 Å². The van der Waals surface area contributed by atoms with Gasteiger partial charge in [-0.1, -0.05) is 17.7 Å². The molecule has 1 aromatic rings. The summed E-state index contributed by atoms with van der Waals surface area (Å²) < 4.78 is 1.30. The fourth-order valence-corrected chi connectivity index (χ4v) is 0.893. The molecule has 0 aliphatic rings. The molecule has 0 amide bonds. The van der Waals surface area contributed by atoms with E-state index in [-0.39, 0.29) is 0 Å². The lowest BCUT2D eigenvalue weighted by Crippen LogP contribution is -1.69. The van der Waals surface area contributed by atoms with Crippen LogP contribution in [-0.2, 0) is 0 Å². The Balaban J connectivity index is 3.03. The number of rotatable bonds is 0. The molecule has 0 aliphatic carbocycles. The highest BCUT2D eigenvalue weighted by Gasteiger charge is 1.81. The van der Waals surface area contributed by atoms with Crippen molar-refractivity contribution in [3.63, 3.8) is 0 Å². The monoisotopic (exact) mass is 218 g/mol. The van der Waals surface area contributed by atoms with Gasteiger partial charge in [-0.25, -0.2) is 0 Å². The zero-order chi connectivity index (χ0) is 5.98. The van der Waals surface area contributed by atoms with Crippen LogP contribution in [-0.4, -0.2) is 0 Å². The number of hydrogen-bond donors (Lipinski definition) is 0. The van der Waals surface area contributed by atoms with Crippen molar-refractivity contribution in [3.05, 3.63) is 33.4 Å². The molecule has 1 aromatic carbocycles. The van der Waals surface area contributed by atoms with E-state index in [1.54, 1.807) is 0 Å². The van der Waals surface area contributed by atoms with Gasteiger partial charge in [0, 0.05) is 3.57 Å². The normalized spacial score (nSPS) is 9.25. The summed E-state index contributed by atoms with van der Waals surface area (Å²) in [6.45, 7) is 2.09. The molecule has 1 heteroatoms. The molecule has 0 aromatic heterocycles. The zero-order valence-corrected chi connectivity index (χ0v) is 6.84. The van der Waals surface area contributed by atoms with Crippen molar-refractivity contribution in [1.82, 2.24) is 0 Å². The highest BCUT2D eigenvalue weighted by Crippen LogP contribution is 2.04. The van der Waals surface area contributed by atoms with Crippen LogP contribution in [0.2, 0.25) is 0 Å². The van der Waals surface area contributed by atoms with Crippen LogP contribution in [0.25, 0.3) is 0 Å². The van der Waals surface area contributed by atoms with Crippen LogP contribution < -0.4 is 0 Å². The van der Waals surface area contributed by atoms with Gasteiger partial charge in [-0.15, -0.1) is 0 Å². The average Bonchev–Trinajstić information content (AvgIpc) is 1.77. The molecule has 0 N–H and O–H groups in total. The van der Waals surface area contributed by atoms with Crippen molar-refractivity contribution >= 4 is 22.6 Å². The fraction of sp³-hybridized carbons (Fsp3) is 0.143. The second kappa shape index (κ2) is 2.49. The van der Waals surface area contributed by atoms with Gasteiger partial charge >= 0.3 is 0 Å². The first-order valence-electron chi connectivity index (χ1n) is 2.51. The largest absolute Gasteiger partial charge is 0.0583 e. The van der Waals surface area contributed by atoms with Crippen LogP contribution in [0.3, 0.4) is 0 Å². The summed E-state index contributed by atoms with van der Waals surface area (Å²) in [6.07, 6.45) is 0. The third-order valence-electron chi connectivity index (χ3n) is 1.01. The van der Waals surface area contributed by atoms with Gasteiger partial charge < -0.3 is 0 Å². The maximum absolute atomic E-state index is 2.30.